The summed E-state index contributed by atoms with van der Waals surface area (Å²) in [6.07, 6.45) is 5.31. The number of carbonyl (C=O) groups excluding carboxylic acids is 1. The van der Waals surface area contributed by atoms with Crippen LogP contribution in [0, 0.1) is 29.1 Å². The molecular formula is C24H33NO2. The third kappa shape index (κ3) is 5.22. The van der Waals surface area contributed by atoms with Gasteiger partial charge in [0.05, 0.1) is 12.7 Å². The van der Waals surface area contributed by atoms with E-state index in [4.69, 9.17) is 4.74 Å². The number of allylic oxidation sites excluding steroid dienone is 2. The molecule has 0 aliphatic heterocycles. The van der Waals surface area contributed by atoms with Gasteiger partial charge in [-0.05, 0) is 56.4 Å². The minimum atomic E-state index is -0.749. The Morgan fingerprint density at radius 1 is 1.15 bits per heavy atom. The van der Waals surface area contributed by atoms with E-state index in [1.807, 2.05) is 30.3 Å². The highest BCUT2D eigenvalue weighted by atomic mass is 16.5. The normalized spacial score (nSPS) is 22.0. The Labute approximate surface area is 164 Å². The van der Waals surface area contributed by atoms with Gasteiger partial charge in [0.15, 0.2) is 5.92 Å². The maximum atomic E-state index is 12.5. The second kappa shape index (κ2) is 10.3. The van der Waals surface area contributed by atoms with Crippen molar-refractivity contribution in [2.45, 2.75) is 65.7 Å². The highest BCUT2D eigenvalue weighted by molar-refractivity contribution is 5.76. The highest BCUT2D eigenvalue weighted by Crippen LogP contribution is 2.43. The topological polar surface area (TPSA) is 50.1 Å². The number of hydrogen-bond donors (Lipinski definition) is 0. The lowest BCUT2D eigenvalue weighted by Crippen LogP contribution is -2.28. The SMILES string of the molecule is CCOC(=O)C(C#N)C(C[C@H]1CC(CC)=C(CC)C[C@H]1C)c1ccccc1. The maximum Gasteiger partial charge on any atom is 0.323 e. The van der Waals surface area contributed by atoms with E-state index in [-0.39, 0.29) is 5.92 Å². The first-order chi connectivity index (χ1) is 13.0. The molecule has 1 aliphatic rings. The summed E-state index contributed by atoms with van der Waals surface area (Å²) in [6, 6.07) is 12.3. The molecule has 0 fully saturated rings. The summed E-state index contributed by atoms with van der Waals surface area (Å²) in [7, 11) is 0. The third-order valence-corrected chi connectivity index (χ3v) is 6.10. The number of rotatable bonds is 8. The average molecular weight is 368 g/mol. The van der Waals surface area contributed by atoms with Crippen LogP contribution in [0.5, 0.6) is 0 Å². The monoisotopic (exact) mass is 367 g/mol. The van der Waals surface area contributed by atoms with Crippen LogP contribution in [-0.4, -0.2) is 12.6 Å². The van der Waals surface area contributed by atoms with E-state index in [0.717, 1.165) is 37.7 Å². The molecule has 27 heavy (non-hydrogen) atoms. The lowest BCUT2D eigenvalue weighted by molar-refractivity contribution is -0.146. The molecule has 1 aromatic rings. The molecule has 0 radical (unpaired) electrons. The van der Waals surface area contributed by atoms with E-state index in [0.29, 0.717) is 18.4 Å². The largest absolute Gasteiger partial charge is 0.465 e. The van der Waals surface area contributed by atoms with Gasteiger partial charge in [-0.2, -0.15) is 5.26 Å². The molecule has 0 saturated heterocycles. The van der Waals surface area contributed by atoms with Crippen LogP contribution in [-0.2, 0) is 9.53 Å². The summed E-state index contributed by atoms with van der Waals surface area (Å²) in [4.78, 5) is 12.5. The van der Waals surface area contributed by atoms with Crippen molar-refractivity contribution in [3.8, 4) is 6.07 Å². The molecule has 0 saturated carbocycles. The van der Waals surface area contributed by atoms with Crippen molar-refractivity contribution in [3.05, 3.63) is 47.0 Å². The minimum Gasteiger partial charge on any atom is -0.465 e. The van der Waals surface area contributed by atoms with Crippen molar-refractivity contribution >= 4 is 5.97 Å². The quantitative estimate of drug-likeness (QED) is 0.416. The van der Waals surface area contributed by atoms with Crippen LogP contribution in [0.25, 0.3) is 0 Å². The lowest BCUT2D eigenvalue weighted by atomic mass is 9.69. The molecule has 1 aliphatic carbocycles. The van der Waals surface area contributed by atoms with Gasteiger partial charge in [0, 0.05) is 5.92 Å². The Morgan fingerprint density at radius 3 is 2.33 bits per heavy atom. The summed E-state index contributed by atoms with van der Waals surface area (Å²) >= 11 is 0. The Morgan fingerprint density at radius 2 is 1.78 bits per heavy atom. The van der Waals surface area contributed by atoms with Crippen LogP contribution < -0.4 is 0 Å². The second-order valence-corrected chi connectivity index (χ2v) is 7.67. The van der Waals surface area contributed by atoms with Gasteiger partial charge < -0.3 is 4.74 Å². The molecule has 0 bridgehead atoms. The summed E-state index contributed by atoms with van der Waals surface area (Å²) in [5.41, 5.74) is 4.25. The molecular weight excluding hydrogens is 334 g/mol. The molecule has 0 N–H and O–H groups in total. The molecule has 2 rings (SSSR count). The molecule has 0 aromatic heterocycles. The zero-order valence-electron chi connectivity index (χ0n) is 17.2. The van der Waals surface area contributed by atoms with Crippen LogP contribution in [0.3, 0.4) is 0 Å². The standard InChI is InChI=1S/C24H33NO2/c1-5-18-13-17(4)21(14-19(18)6-2)15-22(20-11-9-8-10-12-20)23(16-25)24(26)27-7-3/h8-12,17,21-23H,5-7,13-15H2,1-4H3/t17-,21-,22?,23?/m1/s1. The van der Waals surface area contributed by atoms with E-state index in [2.05, 4.69) is 26.8 Å². The number of ether oxygens (including phenoxy) is 1. The van der Waals surface area contributed by atoms with Gasteiger partial charge in [-0.25, -0.2) is 0 Å². The smallest absolute Gasteiger partial charge is 0.323 e. The number of hydrogen-bond acceptors (Lipinski definition) is 3. The molecule has 4 atom stereocenters. The van der Waals surface area contributed by atoms with Gasteiger partial charge in [0.1, 0.15) is 0 Å². The highest BCUT2D eigenvalue weighted by Gasteiger charge is 2.35. The molecule has 1 aromatic carbocycles. The number of carbonyl (C=O) groups is 1. The van der Waals surface area contributed by atoms with Gasteiger partial charge in [-0.1, -0.05) is 62.2 Å². The Hall–Kier alpha value is -2.08. The number of nitrogens with zero attached hydrogens (tertiary/aromatic N) is 1. The predicted molar refractivity (Wildman–Crippen MR) is 109 cm³/mol. The van der Waals surface area contributed by atoms with E-state index in [9.17, 15) is 10.1 Å². The van der Waals surface area contributed by atoms with Crippen LogP contribution in [0.1, 0.15) is 71.3 Å². The first kappa shape index (κ1) is 21.2. The van der Waals surface area contributed by atoms with Crippen molar-refractivity contribution in [1.29, 1.82) is 5.26 Å². The van der Waals surface area contributed by atoms with Crippen molar-refractivity contribution in [3.63, 3.8) is 0 Å². The molecule has 0 spiro atoms. The van der Waals surface area contributed by atoms with E-state index in [1.165, 1.54) is 0 Å². The summed E-state index contributed by atoms with van der Waals surface area (Å²) in [5, 5.41) is 9.77. The van der Waals surface area contributed by atoms with E-state index in [1.54, 1.807) is 18.1 Å². The van der Waals surface area contributed by atoms with Gasteiger partial charge in [-0.15, -0.1) is 0 Å². The Bertz CT molecular complexity index is 686. The molecule has 2 unspecified atom stereocenters. The predicted octanol–water partition coefficient (Wildman–Crippen LogP) is 6.03. The van der Waals surface area contributed by atoms with Gasteiger partial charge >= 0.3 is 5.97 Å². The second-order valence-electron chi connectivity index (χ2n) is 7.67. The summed E-state index contributed by atoms with van der Waals surface area (Å²) < 4.78 is 5.22. The average Bonchev–Trinajstić information content (AvgIpc) is 2.69. The van der Waals surface area contributed by atoms with Crippen LogP contribution >= 0.6 is 0 Å². The molecule has 3 heteroatoms. The fourth-order valence-electron chi connectivity index (χ4n) is 4.50. The zero-order chi connectivity index (χ0) is 19.8. The fraction of sp³-hybridized carbons (Fsp3) is 0.583. The Kier molecular flexibility index (Phi) is 8.10. The van der Waals surface area contributed by atoms with Crippen molar-refractivity contribution in [1.82, 2.24) is 0 Å². The molecule has 146 valence electrons. The van der Waals surface area contributed by atoms with Crippen LogP contribution in [0.4, 0.5) is 0 Å². The number of benzene rings is 1. The first-order valence-corrected chi connectivity index (χ1v) is 10.4. The third-order valence-electron chi connectivity index (χ3n) is 6.10. The van der Waals surface area contributed by atoms with Crippen LogP contribution in [0.15, 0.2) is 41.5 Å². The first-order valence-electron chi connectivity index (χ1n) is 10.4. The number of esters is 1. The van der Waals surface area contributed by atoms with Crippen molar-refractivity contribution in [2.75, 3.05) is 6.61 Å². The molecule has 0 amide bonds. The van der Waals surface area contributed by atoms with Gasteiger partial charge in [-0.3, -0.25) is 4.79 Å². The fourth-order valence-corrected chi connectivity index (χ4v) is 4.50. The maximum absolute atomic E-state index is 12.5. The van der Waals surface area contributed by atoms with Crippen LogP contribution in [0.2, 0.25) is 0 Å². The van der Waals surface area contributed by atoms with Crippen molar-refractivity contribution in [2.24, 2.45) is 17.8 Å². The minimum absolute atomic E-state index is 0.121. The lowest BCUT2D eigenvalue weighted by Gasteiger charge is -2.35. The summed E-state index contributed by atoms with van der Waals surface area (Å²) in [6.45, 7) is 8.90. The van der Waals surface area contributed by atoms with Gasteiger partial charge in [0.2, 0.25) is 0 Å². The summed E-state index contributed by atoms with van der Waals surface area (Å²) in [5.74, 6) is -0.197. The van der Waals surface area contributed by atoms with E-state index < -0.39 is 11.9 Å². The Balaban J connectivity index is 2.31. The zero-order valence-corrected chi connectivity index (χ0v) is 17.2. The van der Waals surface area contributed by atoms with E-state index >= 15 is 0 Å². The molecule has 0 heterocycles. The van der Waals surface area contributed by atoms with Crippen molar-refractivity contribution < 1.29 is 9.53 Å². The van der Waals surface area contributed by atoms with Gasteiger partial charge in [0.25, 0.3) is 0 Å². The number of nitriles is 1. The molecule has 3 nitrogen and oxygen atoms in total.